The van der Waals surface area contributed by atoms with Crippen LogP contribution in [0.3, 0.4) is 0 Å². The molecule has 190 valence electrons. The number of fused-ring (bicyclic) bond motifs is 1. The van der Waals surface area contributed by atoms with E-state index < -0.39 is 4.92 Å². The molecule has 3 aliphatic carbocycles. The quantitative estimate of drug-likeness (QED) is 0.319. The lowest BCUT2D eigenvalue weighted by atomic mass is 9.49. The van der Waals surface area contributed by atoms with E-state index in [0.717, 1.165) is 38.5 Å². The van der Waals surface area contributed by atoms with E-state index in [2.05, 4.69) is 24.8 Å². The first-order chi connectivity index (χ1) is 16.6. The van der Waals surface area contributed by atoms with Gasteiger partial charge in [0.1, 0.15) is 0 Å². The van der Waals surface area contributed by atoms with Gasteiger partial charge in [0.05, 0.1) is 4.92 Å². The number of nitrogens with zero attached hydrogens (tertiary/aromatic N) is 4. The first kappa shape index (κ1) is 25.4. The molecule has 2 bridgehead atoms. The standard InChI is InChI=1S/C27H38N4O4/c1-19(2)25(32)30(18-21-8-9-22-17-24(21)27(22,3)4)15-12-28-10-13-29(14-11-28)26(33)20-6-5-7-23(16-20)31(34)35/h5-8,16,19,22,24H,9-15,17-18H2,1-4H3. The minimum atomic E-state index is -0.480. The number of non-ortho nitro benzene ring substituents is 1. The van der Waals surface area contributed by atoms with Crippen molar-refractivity contribution in [2.75, 3.05) is 45.8 Å². The molecule has 1 aromatic carbocycles. The fourth-order valence-electron chi connectivity index (χ4n) is 5.88. The van der Waals surface area contributed by atoms with E-state index in [4.69, 9.17) is 0 Å². The van der Waals surface area contributed by atoms with Crippen LogP contribution in [0.5, 0.6) is 0 Å². The van der Waals surface area contributed by atoms with Crippen LogP contribution in [0, 0.1) is 33.3 Å². The number of carbonyl (C=O) groups is 2. The molecular weight excluding hydrogens is 444 g/mol. The number of nitro benzene ring substituents is 1. The van der Waals surface area contributed by atoms with E-state index >= 15 is 0 Å². The van der Waals surface area contributed by atoms with Crippen LogP contribution in [0.2, 0.25) is 0 Å². The van der Waals surface area contributed by atoms with Gasteiger partial charge in [-0.25, -0.2) is 0 Å². The SMILES string of the molecule is CC(C)C(=O)N(CCN1CCN(C(=O)c2cccc([N+](=O)[O-])c2)CC1)CC1=CCC2CC1C2(C)C. The number of nitro groups is 1. The number of carbonyl (C=O) groups excluding carboxylic acids is 2. The van der Waals surface area contributed by atoms with Crippen molar-refractivity contribution < 1.29 is 14.5 Å². The van der Waals surface area contributed by atoms with E-state index in [1.807, 2.05) is 18.7 Å². The molecule has 2 amide bonds. The second-order valence-electron chi connectivity index (χ2n) is 11.2. The molecule has 0 radical (unpaired) electrons. The van der Waals surface area contributed by atoms with Crippen LogP contribution in [-0.2, 0) is 4.79 Å². The Labute approximate surface area is 208 Å². The highest BCUT2D eigenvalue weighted by atomic mass is 16.6. The van der Waals surface area contributed by atoms with Crippen molar-refractivity contribution in [1.82, 2.24) is 14.7 Å². The third-order valence-corrected chi connectivity index (χ3v) is 8.41. The Kier molecular flexibility index (Phi) is 7.31. The molecule has 1 aromatic rings. The van der Waals surface area contributed by atoms with Crippen LogP contribution in [-0.4, -0.2) is 77.3 Å². The highest BCUT2D eigenvalue weighted by Crippen LogP contribution is 2.59. The fraction of sp³-hybridized carbons (Fsp3) is 0.630. The average molecular weight is 483 g/mol. The van der Waals surface area contributed by atoms with Gasteiger partial charge in [0.15, 0.2) is 0 Å². The minimum Gasteiger partial charge on any atom is -0.337 e. The molecule has 8 nitrogen and oxygen atoms in total. The Hall–Kier alpha value is -2.74. The number of allylic oxidation sites excluding steroid dienone is 1. The topological polar surface area (TPSA) is 87.0 Å². The largest absolute Gasteiger partial charge is 0.337 e. The van der Waals surface area contributed by atoms with Gasteiger partial charge in [0.2, 0.25) is 5.91 Å². The molecule has 2 fully saturated rings. The van der Waals surface area contributed by atoms with Gasteiger partial charge < -0.3 is 9.80 Å². The minimum absolute atomic E-state index is 0.0364. The normalized spacial score (nSPS) is 23.5. The number of rotatable bonds is 8. The average Bonchev–Trinajstić information content (AvgIpc) is 2.85. The Bertz CT molecular complexity index is 1010. The van der Waals surface area contributed by atoms with Crippen LogP contribution in [0.25, 0.3) is 0 Å². The van der Waals surface area contributed by atoms with Gasteiger partial charge in [-0.3, -0.25) is 24.6 Å². The molecule has 1 saturated carbocycles. The first-order valence-corrected chi connectivity index (χ1v) is 12.8. The fourth-order valence-corrected chi connectivity index (χ4v) is 5.88. The lowest BCUT2D eigenvalue weighted by Crippen LogP contribution is -2.52. The predicted molar refractivity (Wildman–Crippen MR) is 135 cm³/mol. The summed E-state index contributed by atoms with van der Waals surface area (Å²) in [5.74, 6) is 1.37. The zero-order valence-electron chi connectivity index (χ0n) is 21.4. The van der Waals surface area contributed by atoms with Crippen LogP contribution in [0.4, 0.5) is 5.69 Å². The number of benzene rings is 1. The van der Waals surface area contributed by atoms with Gasteiger partial charge in [0.25, 0.3) is 11.6 Å². The summed E-state index contributed by atoms with van der Waals surface area (Å²) in [7, 11) is 0. The van der Waals surface area contributed by atoms with Gasteiger partial charge in [-0.05, 0) is 36.2 Å². The second-order valence-corrected chi connectivity index (χ2v) is 11.2. The third kappa shape index (κ3) is 5.27. The second kappa shape index (κ2) is 10.1. The Morgan fingerprint density at radius 1 is 1.20 bits per heavy atom. The molecule has 0 N–H and O–H groups in total. The maximum Gasteiger partial charge on any atom is 0.270 e. The van der Waals surface area contributed by atoms with Crippen LogP contribution >= 0.6 is 0 Å². The van der Waals surface area contributed by atoms with Gasteiger partial charge >= 0.3 is 0 Å². The van der Waals surface area contributed by atoms with E-state index in [1.54, 1.807) is 17.0 Å². The highest BCUT2D eigenvalue weighted by molar-refractivity contribution is 5.94. The lowest BCUT2D eigenvalue weighted by Gasteiger charge is -2.57. The van der Waals surface area contributed by atoms with Crippen LogP contribution in [0.15, 0.2) is 35.9 Å². The zero-order chi connectivity index (χ0) is 25.3. The highest BCUT2D eigenvalue weighted by Gasteiger charge is 2.51. The summed E-state index contributed by atoms with van der Waals surface area (Å²) in [6, 6.07) is 5.92. The summed E-state index contributed by atoms with van der Waals surface area (Å²) < 4.78 is 0. The van der Waals surface area contributed by atoms with Crippen molar-refractivity contribution in [3.05, 3.63) is 51.6 Å². The predicted octanol–water partition coefficient (Wildman–Crippen LogP) is 3.83. The Morgan fingerprint density at radius 3 is 2.51 bits per heavy atom. The zero-order valence-corrected chi connectivity index (χ0v) is 21.4. The van der Waals surface area contributed by atoms with Gasteiger partial charge in [0, 0.05) is 69.4 Å². The van der Waals surface area contributed by atoms with Crippen molar-refractivity contribution >= 4 is 17.5 Å². The van der Waals surface area contributed by atoms with E-state index in [1.165, 1.54) is 24.1 Å². The maximum atomic E-state index is 13.0. The summed E-state index contributed by atoms with van der Waals surface area (Å²) in [4.78, 5) is 42.5. The summed E-state index contributed by atoms with van der Waals surface area (Å²) >= 11 is 0. The van der Waals surface area contributed by atoms with Crippen LogP contribution < -0.4 is 0 Å². The number of hydrogen-bond acceptors (Lipinski definition) is 5. The molecule has 0 spiro atoms. The molecule has 2 atom stereocenters. The van der Waals surface area contributed by atoms with Crippen molar-refractivity contribution in [1.29, 1.82) is 0 Å². The molecule has 4 aliphatic rings. The van der Waals surface area contributed by atoms with Crippen molar-refractivity contribution in [3.63, 3.8) is 0 Å². The Morgan fingerprint density at radius 2 is 1.91 bits per heavy atom. The molecule has 35 heavy (non-hydrogen) atoms. The molecule has 1 heterocycles. The van der Waals surface area contributed by atoms with Crippen molar-refractivity contribution in [3.8, 4) is 0 Å². The number of hydrogen-bond donors (Lipinski definition) is 0. The monoisotopic (exact) mass is 482 g/mol. The smallest absolute Gasteiger partial charge is 0.270 e. The van der Waals surface area contributed by atoms with E-state index in [-0.39, 0.29) is 23.4 Å². The summed E-state index contributed by atoms with van der Waals surface area (Å²) in [6.07, 6.45) is 4.76. The first-order valence-electron chi connectivity index (χ1n) is 12.8. The summed E-state index contributed by atoms with van der Waals surface area (Å²) in [5.41, 5.74) is 2.05. The molecule has 0 aromatic heterocycles. The van der Waals surface area contributed by atoms with E-state index in [9.17, 15) is 19.7 Å². The third-order valence-electron chi connectivity index (χ3n) is 8.41. The van der Waals surface area contributed by atoms with E-state index in [0.29, 0.717) is 36.5 Å². The summed E-state index contributed by atoms with van der Waals surface area (Å²) in [5, 5.41) is 11.0. The lowest BCUT2D eigenvalue weighted by molar-refractivity contribution is -0.384. The van der Waals surface area contributed by atoms with Crippen molar-refractivity contribution in [2.24, 2.45) is 23.2 Å². The van der Waals surface area contributed by atoms with Crippen LogP contribution in [0.1, 0.15) is 50.9 Å². The summed E-state index contributed by atoms with van der Waals surface area (Å²) in [6.45, 7) is 13.4. The molecule has 5 rings (SSSR count). The number of amides is 2. The molecular formula is C27H38N4O4. The molecule has 1 saturated heterocycles. The van der Waals surface area contributed by atoms with Gasteiger partial charge in [-0.1, -0.05) is 45.4 Å². The van der Waals surface area contributed by atoms with Gasteiger partial charge in [-0.15, -0.1) is 0 Å². The van der Waals surface area contributed by atoms with Gasteiger partial charge in [-0.2, -0.15) is 0 Å². The molecule has 2 unspecified atom stereocenters. The molecule has 8 heteroatoms. The Balaban J connectivity index is 1.31. The maximum absolute atomic E-state index is 13.0. The molecule has 1 aliphatic heterocycles. The van der Waals surface area contributed by atoms with Crippen molar-refractivity contribution in [2.45, 2.75) is 40.5 Å². The number of piperazine rings is 1.